The summed E-state index contributed by atoms with van der Waals surface area (Å²) in [6.07, 6.45) is 0. The van der Waals surface area contributed by atoms with Crippen LogP contribution in [0.4, 0.5) is 0 Å². The van der Waals surface area contributed by atoms with Crippen LogP contribution in [0.2, 0.25) is 0 Å². The zero-order valence-electron chi connectivity index (χ0n) is 3.46. The van der Waals surface area contributed by atoms with Crippen molar-refractivity contribution in [2.75, 3.05) is 0 Å². The van der Waals surface area contributed by atoms with Gasteiger partial charge in [0.1, 0.15) is 0 Å². The van der Waals surface area contributed by atoms with Crippen molar-refractivity contribution in [1.82, 2.24) is 0 Å². The molecule has 0 aliphatic rings. The van der Waals surface area contributed by atoms with Crippen molar-refractivity contribution in [3.63, 3.8) is 0 Å². The van der Waals surface area contributed by atoms with E-state index in [2.05, 4.69) is 0 Å². The molecule has 6 heteroatoms. The van der Waals surface area contributed by atoms with E-state index in [0.29, 0.717) is 0 Å². The van der Waals surface area contributed by atoms with E-state index in [1.54, 1.807) is 0 Å². The van der Waals surface area contributed by atoms with Gasteiger partial charge in [-0.15, -0.1) is 0 Å². The molecule has 0 aromatic heterocycles. The number of hydrogen-bond donors (Lipinski definition) is 0. The number of rotatable bonds is 0. The fourth-order valence-electron chi connectivity index (χ4n) is 0. The van der Waals surface area contributed by atoms with Crippen LogP contribution < -0.4 is 0 Å². The van der Waals surface area contributed by atoms with Crippen molar-refractivity contribution < 1.29 is 39.2 Å². The van der Waals surface area contributed by atoms with Crippen LogP contribution in [0.1, 0.15) is 0 Å². The van der Waals surface area contributed by atoms with Gasteiger partial charge in [0.25, 0.3) is 0 Å². The molecule has 0 rings (SSSR count). The Labute approximate surface area is 129 Å². The Morgan fingerprint density at radius 3 is 1.00 bits per heavy atom. The summed E-state index contributed by atoms with van der Waals surface area (Å²) in [7, 11) is 0. The predicted octanol–water partition coefficient (Wildman–Crippen LogP) is -4.47. The molecule has 0 aromatic carbocycles. The molecule has 0 spiro atoms. The van der Waals surface area contributed by atoms with E-state index in [0.717, 1.165) is 0 Å². The standard InChI is InChI=1S/Ag.AsH3.Bi.Co.Sb.Sn.8H/h;1H3;;;;;;;;;;;;. The second-order valence-corrected chi connectivity index (χ2v) is 0. The fourth-order valence-corrected chi connectivity index (χ4v) is 0. The molecule has 0 N–H and O–H groups in total. The van der Waals surface area contributed by atoms with Crippen LogP contribution in [0, 0.1) is 0 Å². The van der Waals surface area contributed by atoms with Gasteiger partial charge in [-0.05, 0) is 0 Å². The van der Waals surface area contributed by atoms with Crippen LogP contribution in [-0.4, -0.2) is 92.5 Å². The summed E-state index contributed by atoms with van der Waals surface area (Å²) in [6, 6.07) is 0. The summed E-state index contributed by atoms with van der Waals surface area (Å²) < 4.78 is 0. The van der Waals surface area contributed by atoms with Crippen LogP contribution >= 0.6 is 0 Å². The molecule has 0 aliphatic carbocycles. The van der Waals surface area contributed by atoms with E-state index in [1.807, 2.05) is 0 Å². The third-order valence-corrected chi connectivity index (χ3v) is 0. The molecule has 0 bridgehead atoms. The van der Waals surface area contributed by atoms with Crippen LogP contribution in [-0.2, 0) is 39.2 Å². The van der Waals surface area contributed by atoms with Gasteiger partial charge in [-0.1, -0.05) is 0 Å². The third kappa shape index (κ3) is 23.9. The van der Waals surface area contributed by atoms with Gasteiger partial charge in [-0.3, -0.25) is 0 Å². The molecule has 6 heavy (non-hydrogen) atoms. The SMILES string of the molecule is [Ag].[AsH3].[BiH3].[Co].[SbH3].[SnH2]. The number of hydrogen-bond acceptors (Lipinski definition) is 0. The van der Waals surface area contributed by atoms with E-state index in [9.17, 15) is 0 Å². The van der Waals surface area contributed by atoms with Crippen molar-refractivity contribution in [2.45, 2.75) is 0 Å². The van der Waals surface area contributed by atoms with Gasteiger partial charge in [-0.2, -0.15) is 0 Å². The van der Waals surface area contributed by atoms with E-state index in [-0.39, 0.29) is 132 Å². The summed E-state index contributed by atoms with van der Waals surface area (Å²) in [5.41, 5.74) is 0. The Hall–Kier alpha value is 4.31. The van der Waals surface area contributed by atoms with E-state index < -0.39 is 0 Å². The molecule has 4 radical (unpaired) electrons. The second-order valence-electron chi connectivity index (χ2n) is 0. The van der Waals surface area contributed by atoms with Gasteiger partial charge in [0, 0.05) is 39.2 Å². The van der Waals surface area contributed by atoms with Gasteiger partial charge in [0.05, 0.1) is 0 Å². The summed E-state index contributed by atoms with van der Waals surface area (Å²) in [4.78, 5) is 0. The Balaban J connectivity index is 0. The van der Waals surface area contributed by atoms with Crippen LogP contribution in [0.25, 0.3) is 0 Å². The Morgan fingerprint density at radius 2 is 1.00 bits per heavy atom. The monoisotopic (exact) mass is 702 g/mol. The van der Waals surface area contributed by atoms with E-state index in [1.165, 1.54) is 0 Å². The molecule has 50 valence electrons. The van der Waals surface area contributed by atoms with Crippen LogP contribution in [0.15, 0.2) is 0 Å². The average molecular weight is 702 g/mol. The first-order valence-corrected chi connectivity index (χ1v) is 0. The molecular formula is H11AgAsBiCoSbSn. The zero-order valence-corrected chi connectivity index (χ0v) is 22.5. The Kier molecular flexibility index (Phi) is 278. The fraction of sp³-hybridized carbons (Fsp3) is 0. The van der Waals surface area contributed by atoms with E-state index >= 15 is 0 Å². The summed E-state index contributed by atoms with van der Waals surface area (Å²) in [6.45, 7) is 0. The maximum absolute atomic E-state index is 0. The molecule has 0 fully saturated rings. The van der Waals surface area contributed by atoms with Crippen molar-refractivity contribution in [2.24, 2.45) is 0 Å². The first-order chi connectivity index (χ1) is 0. The van der Waals surface area contributed by atoms with Crippen LogP contribution in [0.3, 0.4) is 0 Å². The third-order valence-electron chi connectivity index (χ3n) is 0. The maximum atomic E-state index is 0. The van der Waals surface area contributed by atoms with Crippen molar-refractivity contribution in [3.8, 4) is 0 Å². The van der Waals surface area contributed by atoms with Crippen molar-refractivity contribution in [1.29, 1.82) is 0 Å². The van der Waals surface area contributed by atoms with Gasteiger partial charge in [0.15, 0.2) is 0 Å². The molecule has 1 atom stereocenters. The molecule has 1 unspecified atom stereocenters. The Morgan fingerprint density at radius 1 is 1.00 bits per heavy atom. The first-order valence-electron chi connectivity index (χ1n) is 0. The normalized spacial score (nSPS) is 0. The molecule has 0 heterocycles. The molecule has 0 amide bonds. The molecule has 0 saturated heterocycles. The molecule has 0 nitrogen and oxygen atoms in total. The van der Waals surface area contributed by atoms with Gasteiger partial charge < -0.3 is 0 Å². The van der Waals surface area contributed by atoms with Crippen molar-refractivity contribution in [3.05, 3.63) is 0 Å². The minimum absolute atomic E-state index is 0. The van der Waals surface area contributed by atoms with Crippen molar-refractivity contribution >= 4 is 92.5 Å². The van der Waals surface area contributed by atoms with Gasteiger partial charge in [0.2, 0.25) is 0 Å². The second kappa shape index (κ2) is 34.6. The predicted molar refractivity (Wildman–Crippen MR) is 38.4 cm³/mol. The molecular weight excluding hydrogens is 691 g/mol. The molecule has 0 aliphatic heterocycles. The quantitative estimate of drug-likeness (QED) is 0.224. The van der Waals surface area contributed by atoms with Crippen LogP contribution in [0.5, 0.6) is 0 Å². The minimum atomic E-state index is 0. The summed E-state index contributed by atoms with van der Waals surface area (Å²) >= 11 is 0. The Bertz CT molecular complexity index is 15.5. The molecule has 0 aromatic rings. The molecule has 0 saturated carbocycles. The topological polar surface area (TPSA) is 0 Å². The first kappa shape index (κ1) is 48.1. The summed E-state index contributed by atoms with van der Waals surface area (Å²) in [5, 5.41) is 0. The summed E-state index contributed by atoms with van der Waals surface area (Å²) in [5.74, 6) is 0. The average Bonchev–Trinajstić information content (AvgIpc) is 0. The van der Waals surface area contributed by atoms with Gasteiger partial charge >= 0.3 is 92.5 Å². The van der Waals surface area contributed by atoms with E-state index in [4.69, 9.17) is 0 Å². The zero-order chi connectivity index (χ0) is 0. The van der Waals surface area contributed by atoms with Gasteiger partial charge in [-0.25, -0.2) is 0 Å².